The van der Waals surface area contributed by atoms with Gasteiger partial charge in [-0.2, -0.15) is 13.2 Å². The van der Waals surface area contributed by atoms with E-state index in [1.54, 1.807) is 18.2 Å². The second kappa shape index (κ2) is 7.79. The molecule has 0 bridgehead atoms. The molecule has 1 N–H and O–H groups in total. The molecule has 1 heterocycles. The van der Waals surface area contributed by atoms with Crippen molar-refractivity contribution in [1.82, 2.24) is 0 Å². The Kier molecular flexibility index (Phi) is 5.43. The normalized spacial score (nSPS) is 16.2. The highest BCUT2D eigenvalue weighted by Gasteiger charge is 2.32. The first-order valence-electron chi connectivity index (χ1n) is 8.25. The van der Waals surface area contributed by atoms with Crippen LogP contribution in [0.1, 0.15) is 17.5 Å². The quantitative estimate of drug-likeness (QED) is 0.836. The van der Waals surface area contributed by atoms with Crippen LogP contribution in [-0.2, 0) is 15.8 Å². The Morgan fingerprint density at radius 3 is 2.64 bits per heavy atom. The molecule has 1 aliphatic heterocycles. The van der Waals surface area contributed by atoms with Crippen molar-refractivity contribution in [3.63, 3.8) is 0 Å². The Morgan fingerprint density at radius 1 is 1.18 bits per heavy atom. The zero-order chi connectivity index (χ0) is 20.3. The predicted octanol–water partition coefficient (Wildman–Crippen LogP) is 3.85. The molecule has 3 rings (SSSR count). The summed E-state index contributed by atoms with van der Waals surface area (Å²) in [5.41, 5.74) is 0.252. The van der Waals surface area contributed by atoms with Gasteiger partial charge in [0.2, 0.25) is 6.10 Å². The lowest BCUT2D eigenvalue weighted by atomic mass is 10.0. The molecule has 28 heavy (non-hydrogen) atoms. The number of ether oxygens (including phenoxy) is 2. The second-order valence-electron chi connectivity index (χ2n) is 5.97. The van der Waals surface area contributed by atoms with Crippen molar-refractivity contribution < 1.29 is 32.3 Å². The van der Waals surface area contributed by atoms with E-state index in [1.807, 2.05) is 0 Å². The molecule has 2 aromatic rings. The van der Waals surface area contributed by atoms with E-state index in [-0.39, 0.29) is 12.1 Å². The maximum Gasteiger partial charge on any atom is 0.416 e. The third-order valence-corrected chi connectivity index (χ3v) is 4.14. The van der Waals surface area contributed by atoms with Crippen LogP contribution in [0.2, 0.25) is 0 Å². The summed E-state index contributed by atoms with van der Waals surface area (Å²) in [4.78, 5) is 17.6. The predicted molar refractivity (Wildman–Crippen MR) is 95.6 cm³/mol. The van der Waals surface area contributed by atoms with Gasteiger partial charge in [-0.25, -0.2) is 0 Å². The standard InChI is InChI=1S/C19H17F3N2O4/c1-26-13-6-7-16(27-2)14(9-13)15-10-17(28-24-15)18(25)23-12-5-3-4-11(8-12)19(20,21)22/h3-9,17H,10H2,1-2H3,(H,23,25). The zero-order valence-corrected chi connectivity index (χ0v) is 15.0. The van der Waals surface area contributed by atoms with Gasteiger partial charge in [0.1, 0.15) is 11.5 Å². The molecular weight excluding hydrogens is 377 g/mol. The number of hydrogen-bond donors (Lipinski definition) is 1. The number of carbonyl (C=O) groups excluding carboxylic acids is 1. The molecule has 1 aliphatic rings. The first-order chi connectivity index (χ1) is 13.3. The van der Waals surface area contributed by atoms with Crippen molar-refractivity contribution in [2.75, 3.05) is 19.5 Å². The van der Waals surface area contributed by atoms with Gasteiger partial charge in [0.15, 0.2) is 0 Å². The number of benzene rings is 2. The van der Waals surface area contributed by atoms with E-state index in [4.69, 9.17) is 14.3 Å². The van der Waals surface area contributed by atoms with Gasteiger partial charge in [-0.3, -0.25) is 4.79 Å². The number of anilines is 1. The fourth-order valence-electron chi connectivity index (χ4n) is 2.71. The SMILES string of the molecule is COc1ccc(OC)c(C2=NOC(C(=O)Nc3cccc(C(F)(F)F)c3)C2)c1. The number of hydrogen-bond acceptors (Lipinski definition) is 5. The number of nitrogens with zero attached hydrogens (tertiary/aromatic N) is 1. The van der Waals surface area contributed by atoms with Gasteiger partial charge in [-0.15, -0.1) is 0 Å². The van der Waals surface area contributed by atoms with Crippen molar-refractivity contribution in [2.24, 2.45) is 5.16 Å². The first kappa shape index (κ1) is 19.5. The number of nitrogens with one attached hydrogen (secondary N) is 1. The summed E-state index contributed by atoms with van der Waals surface area (Å²) < 4.78 is 48.9. The summed E-state index contributed by atoms with van der Waals surface area (Å²) in [5.74, 6) is 0.511. The topological polar surface area (TPSA) is 69.1 Å². The molecule has 1 unspecified atom stereocenters. The molecule has 1 amide bonds. The van der Waals surface area contributed by atoms with Crippen LogP contribution in [0.25, 0.3) is 0 Å². The molecule has 0 saturated heterocycles. The van der Waals surface area contributed by atoms with E-state index in [2.05, 4.69) is 10.5 Å². The van der Waals surface area contributed by atoms with Crippen LogP contribution in [0.5, 0.6) is 11.5 Å². The van der Waals surface area contributed by atoms with Gasteiger partial charge in [0, 0.05) is 17.7 Å². The highest BCUT2D eigenvalue weighted by Crippen LogP contribution is 2.31. The summed E-state index contributed by atoms with van der Waals surface area (Å²) in [6, 6.07) is 9.50. The Balaban J connectivity index is 1.71. The summed E-state index contributed by atoms with van der Waals surface area (Å²) >= 11 is 0. The smallest absolute Gasteiger partial charge is 0.416 e. The van der Waals surface area contributed by atoms with E-state index in [9.17, 15) is 18.0 Å². The first-order valence-corrected chi connectivity index (χ1v) is 8.25. The number of alkyl halides is 3. The lowest BCUT2D eigenvalue weighted by Crippen LogP contribution is -2.28. The number of carbonyl (C=O) groups is 1. The van der Waals surface area contributed by atoms with E-state index >= 15 is 0 Å². The fourth-order valence-corrected chi connectivity index (χ4v) is 2.71. The van der Waals surface area contributed by atoms with Crippen LogP contribution in [0.4, 0.5) is 18.9 Å². The average molecular weight is 394 g/mol. The highest BCUT2D eigenvalue weighted by atomic mass is 19.4. The van der Waals surface area contributed by atoms with Crippen LogP contribution < -0.4 is 14.8 Å². The molecule has 0 aliphatic carbocycles. The molecule has 6 nitrogen and oxygen atoms in total. The third-order valence-electron chi connectivity index (χ3n) is 4.14. The summed E-state index contributed by atoms with van der Waals surface area (Å²) in [7, 11) is 3.02. The van der Waals surface area contributed by atoms with E-state index in [0.717, 1.165) is 12.1 Å². The number of methoxy groups -OCH3 is 2. The molecule has 2 aromatic carbocycles. The van der Waals surface area contributed by atoms with Crippen LogP contribution in [0, 0.1) is 0 Å². The molecule has 1 atom stereocenters. The Bertz CT molecular complexity index is 912. The van der Waals surface area contributed by atoms with Crippen LogP contribution in [0.15, 0.2) is 47.6 Å². The number of oxime groups is 1. The zero-order valence-electron chi connectivity index (χ0n) is 15.0. The van der Waals surface area contributed by atoms with Gasteiger partial charge in [-0.05, 0) is 36.4 Å². The van der Waals surface area contributed by atoms with Gasteiger partial charge < -0.3 is 19.6 Å². The average Bonchev–Trinajstić information content (AvgIpc) is 3.17. The van der Waals surface area contributed by atoms with Gasteiger partial charge in [0.05, 0.1) is 25.5 Å². The Labute approximate surface area is 158 Å². The van der Waals surface area contributed by atoms with Crippen molar-refractivity contribution in [3.05, 3.63) is 53.6 Å². The van der Waals surface area contributed by atoms with Crippen LogP contribution in [0.3, 0.4) is 0 Å². The van der Waals surface area contributed by atoms with Crippen molar-refractivity contribution >= 4 is 17.3 Å². The van der Waals surface area contributed by atoms with Crippen molar-refractivity contribution in [1.29, 1.82) is 0 Å². The van der Waals surface area contributed by atoms with Crippen molar-refractivity contribution in [3.8, 4) is 11.5 Å². The summed E-state index contributed by atoms with van der Waals surface area (Å²) in [6.45, 7) is 0. The minimum Gasteiger partial charge on any atom is -0.497 e. The van der Waals surface area contributed by atoms with E-state index in [1.165, 1.54) is 26.4 Å². The highest BCUT2D eigenvalue weighted by molar-refractivity contribution is 6.07. The monoisotopic (exact) mass is 394 g/mol. The van der Waals surface area contributed by atoms with Gasteiger partial charge in [0.25, 0.3) is 5.91 Å². The molecule has 148 valence electrons. The third kappa shape index (κ3) is 4.19. The molecule has 9 heteroatoms. The van der Waals surface area contributed by atoms with E-state index in [0.29, 0.717) is 22.8 Å². The largest absolute Gasteiger partial charge is 0.497 e. The second-order valence-corrected chi connectivity index (χ2v) is 5.97. The van der Waals surface area contributed by atoms with Crippen LogP contribution in [-0.4, -0.2) is 31.9 Å². The van der Waals surface area contributed by atoms with Crippen molar-refractivity contribution in [2.45, 2.75) is 18.7 Å². The summed E-state index contributed by atoms with van der Waals surface area (Å²) in [6.07, 6.45) is -5.33. The Hall–Kier alpha value is -3.23. The summed E-state index contributed by atoms with van der Waals surface area (Å²) in [5, 5.41) is 6.36. The molecule has 0 aromatic heterocycles. The van der Waals surface area contributed by atoms with E-state index < -0.39 is 23.8 Å². The molecule has 0 radical (unpaired) electrons. The minimum absolute atomic E-state index is 0.0239. The lowest BCUT2D eigenvalue weighted by molar-refractivity contribution is -0.137. The molecule has 0 saturated carbocycles. The van der Waals surface area contributed by atoms with Crippen LogP contribution >= 0.6 is 0 Å². The lowest BCUT2D eigenvalue weighted by Gasteiger charge is -2.12. The molecular formula is C19H17F3N2O4. The number of amides is 1. The number of rotatable bonds is 5. The maximum atomic E-state index is 12.8. The fraction of sp³-hybridized carbons (Fsp3) is 0.263. The van der Waals surface area contributed by atoms with Gasteiger partial charge >= 0.3 is 6.18 Å². The maximum absolute atomic E-state index is 12.8. The minimum atomic E-state index is -4.50. The van der Waals surface area contributed by atoms with Gasteiger partial charge in [-0.1, -0.05) is 11.2 Å². The molecule has 0 fully saturated rings. The Morgan fingerprint density at radius 2 is 1.96 bits per heavy atom. The molecule has 0 spiro atoms. The number of halogens is 3.